The highest BCUT2D eigenvalue weighted by Gasteiger charge is 2.47. The maximum absolute atomic E-state index is 11.5. The molecule has 1 N–H and O–H groups in total. The van der Waals surface area contributed by atoms with E-state index in [9.17, 15) is 9.90 Å². The van der Waals surface area contributed by atoms with Gasteiger partial charge in [0.2, 0.25) is 0 Å². The van der Waals surface area contributed by atoms with E-state index in [1.165, 1.54) is 19.3 Å². The summed E-state index contributed by atoms with van der Waals surface area (Å²) in [5.74, 6) is 1.34. The molecule has 0 heterocycles. The molecular weight excluding hydrogens is 188 g/mol. The molecule has 4 atom stereocenters. The van der Waals surface area contributed by atoms with Crippen LogP contribution in [0.2, 0.25) is 0 Å². The van der Waals surface area contributed by atoms with E-state index in [4.69, 9.17) is 0 Å². The van der Waals surface area contributed by atoms with Gasteiger partial charge in [-0.1, -0.05) is 26.7 Å². The molecule has 0 aromatic heterocycles. The monoisotopic (exact) mass is 210 g/mol. The number of carboxylic acids is 1. The van der Waals surface area contributed by atoms with Crippen LogP contribution in [0.5, 0.6) is 0 Å². The smallest absolute Gasteiger partial charge is 0.309 e. The van der Waals surface area contributed by atoms with E-state index < -0.39 is 5.97 Å². The summed E-state index contributed by atoms with van der Waals surface area (Å²) in [6, 6.07) is 0. The largest absolute Gasteiger partial charge is 0.481 e. The Kier molecular flexibility index (Phi) is 2.78. The fourth-order valence-electron chi connectivity index (χ4n) is 3.98. The Morgan fingerprint density at radius 1 is 1.13 bits per heavy atom. The Labute approximate surface area is 92.1 Å². The minimum atomic E-state index is -0.534. The molecule has 0 aromatic carbocycles. The second-order valence-electron chi connectivity index (χ2n) is 6.09. The van der Waals surface area contributed by atoms with Gasteiger partial charge in [-0.25, -0.2) is 0 Å². The van der Waals surface area contributed by atoms with Crippen LogP contribution >= 0.6 is 0 Å². The Balaban J connectivity index is 2.26. The summed E-state index contributed by atoms with van der Waals surface area (Å²) in [7, 11) is 0. The van der Waals surface area contributed by atoms with Gasteiger partial charge in [0, 0.05) is 0 Å². The molecule has 2 aliphatic rings. The fourth-order valence-corrected chi connectivity index (χ4v) is 3.98. The highest BCUT2D eigenvalue weighted by molar-refractivity contribution is 5.75. The normalized spacial score (nSPS) is 45.9. The van der Waals surface area contributed by atoms with Crippen LogP contribution in [0.25, 0.3) is 0 Å². The molecule has 0 saturated heterocycles. The average Bonchev–Trinajstić information content (AvgIpc) is 2.24. The Hall–Kier alpha value is -0.530. The van der Waals surface area contributed by atoms with Crippen LogP contribution in [0.15, 0.2) is 0 Å². The van der Waals surface area contributed by atoms with E-state index in [-0.39, 0.29) is 5.41 Å². The number of carbonyl (C=O) groups is 1. The van der Waals surface area contributed by atoms with Gasteiger partial charge in [0.1, 0.15) is 0 Å². The summed E-state index contributed by atoms with van der Waals surface area (Å²) in [5, 5.41) is 9.50. The third kappa shape index (κ3) is 2.04. The standard InChI is InChI=1S/C13H22O2/c1-9-3-4-11-5-10(2)7-13(6-9,8-11)12(14)15/h9-11H,3-8H2,1-2H3,(H,14,15). The van der Waals surface area contributed by atoms with Crippen molar-refractivity contribution >= 4 is 5.97 Å². The summed E-state index contributed by atoms with van der Waals surface area (Å²) in [6.45, 7) is 4.44. The van der Waals surface area contributed by atoms with E-state index in [0.717, 1.165) is 19.3 Å². The van der Waals surface area contributed by atoms with Gasteiger partial charge in [-0.05, 0) is 43.4 Å². The average molecular weight is 210 g/mol. The molecule has 2 aliphatic carbocycles. The van der Waals surface area contributed by atoms with Gasteiger partial charge in [0.05, 0.1) is 5.41 Å². The van der Waals surface area contributed by atoms with Crippen LogP contribution < -0.4 is 0 Å². The van der Waals surface area contributed by atoms with Gasteiger partial charge in [-0.15, -0.1) is 0 Å². The molecular formula is C13H22O2. The van der Waals surface area contributed by atoms with Gasteiger partial charge in [0.25, 0.3) is 0 Å². The third-order valence-electron chi connectivity index (χ3n) is 4.41. The minimum absolute atomic E-state index is 0.377. The Bertz CT molecular complexity index is 257. The van der Waals surface area contributed by atoms with Crippen LogP contribution in [0.1, 0.15) is 52.4 Å². The van der Waals surface area contributed by atoms with Crippen molar-refractivity contribution in [2.24, 2.45) is 23.2 Å². The van der Waals surface area contributed by atoms with Crippen molar-refractivity contribution in [3.8, 4) is 0 Å². The molecule has 4 unspecified atom stereocenters. The number of hydrogen-bond donors (Lipinski definition) is 1. The van der Waals surface area contributed by atoms with E-state index >= 15 is 0 Å². The molecule has 2 heteroatoms. The molecule has 2 fully saturated rings. The van der Waals surface area contributed by atoms with Gasteiger partial charge in [-0.3, -0.25) is 4.79 Å². The van der Waals surface area contributed by atoms with Crippen molar-refractivity contribution in [1.82, 2.24) is 0 Å². The van der Waals surface area contributed by atoms with Gasteiger partial charge >= 0.3 is 5.97 Å². The van der Waals surface area contributed by atoms with Crippen molar-refractivity contribution in [2.45, 2.75) is 52.4 Å². The summed E-state index contributed by atoms with van der Waals surface area (Å²) >= 11 is 0. The highest BCUT2D eigenvalue weighted by Crippen LogP contribution is 2.50. The summed E-state index contributed by atoms with van der Waals surface area (Å²) in [4.78, 5) is 11.5. The summed E-state index contributed by atoms with van der Waals surface area (Å²) in [6.07, 6.45) is 6.48. The number of rotatable bonds is 1. The highest BCUT2D eigenvalue weighted by atomic mass is 16.4. The lowest BCUT2D eigenvalue weighted by Crippen LogP contribution is -2.38. The first-order chi connectivity index (χ1) is 7.02. The van der Waals surface area contributed by atoms with Crippen molar-refractivity contribution in [3.05, 3.63) is 0 Å². The topological polar surface area (TPSA) is 37.3 Å². The minimum Gasteiger partial charge on any atom is -0.481 e. The SMILES string of the molecule is CC1CCC2CC(C)CC(C(=O)O)(C1)C2. The van der Waals surface area contributed by atoms with E-state index in [0.29, 0.717) is 17.8 Å². The number of aliphatic carboxylic acids is 1. The number of hydrogen-bond acceptors (Lipinski definition) is 1. The second-order valence-corrected chi connectivity index (χ2v) is 6.09. The lowest BCUT2D eigenvalue weighted by Gasteiger charge is -2.39. The summed E-state index contributed by atoms with van der Waals surface area (Å²) in [5.41, 5.74) is -0.377. The zero-order valence-electron chi connectivity index (χ0n) is 9.83. The van der Waals surface area contributed by atoms with Crippen LogP contribution in [0.4, 0.5) is 0 Å². The Morgan fingerprint density at radius 3 is 2.47 bits per heavy atom. The number of fused-ring (bicyclic) bond motifs is 2. The van der Waals surface area contributed by atoms with Crippen molar-refractivity contribution in [3.63, 3.8) is 0 Å². The summed E-state index contributed by atoms with van der Waals surface area (Å²) < 4.78 is 0. The molecule has 2 bridgehead atoms. The molecule has 0 aromatic rings. The second kappa shape index (κ2) is 3.80. The van der Waals surface area contributed by atoms with Crippen molar-refractivity contribution in [1.29, 1.82) is 0 Å². The molecule has 2 rings (SSSR count). The first-order valence-electron chi connectivity index (χ1n) is 6.25. The van der Waals surface area contributed by atoms with Crippen LogP contribution in [0.3, 0.4) is 0 Å². The molecule has 0 aliphatic heterocycles. The first kappa shape index (κ1) is 11.0. The predicted molar refractivity (Wildman–Crippen MR) is 59.6 cm³/mol. The maximum atomic E-state index is 11.5. The molecule has 0 amide bonds. The maximum Gasteiger partial charge on any atom is 0.309 e. The first-order valence-corrected chi connectivity index (χ1v) is 6.25. The number of carboxylic acid groups (broad SMARTS) is 1. The quantitative estimate of drug-likeness (QED) is 0.721. The third-order valence-corrected chi connectivity index (χ3v) is 4.41. The van der Waals surface area contributed by atoms with Gasteiger partial charge in [0.15, 0.2) is 0 Å². The van der Waals surface area contributed by atoms with Crippen LogP contribution in [-0.4, -0.2) is 11.1 Å². The van der Waals surface area contributed by atoms with Crippen LogP contribution in [0, 0.1) is 23.2 Å². The van der Waals surface area contributed by atoms with Crippen LogP contribution in [-0.2, 0) is 4.79 Å². The lowest BCUT2D eigenvalue weighted by atomic mass is 9.64. The molecule has 2 saturated carbocycles. The molecule has 0 spiro atoms. The fraction of sp³-hybridized carbons (Fsp3) is 0.923. The molecule has 2 nitrogen and oxygen atoms in total. The molecule has 0 radical (unpaired) electrons. The zero-order chi connectivity index (χ0) is 11.1. The molecule has 15 heavy (non-hydrogen) atoms. The molecule has 86 valence electrons. The van der Waals surface area contributed by atoms with E-state index in [2.05, 4.69) is 13.8 Å². The van der Waals surface area contributed by atoms with E-state index in [1.807, 2.05) is 0 Å². The van der Waals surface area contributed by atoms with Gasteiger partial charge < -0.3 is 5.11 Å². The Morgan fingerprint density at radius 2 is 1.80 bits per heavy atom. The lowest BCUT2D eigenvalue weighted by molar-refractivity contribution is -0.154. The predicted octanol–water partition coefficient (Wildman–Crippen LogP) is 3.31. The van der Waals surface area contributed by atoms with Crippen molar-refractivity contribution < 1.29 is 9.90 Å². The van der Waals surface area contributed by atoms with Gasteiger partial charge in [-0.2, -0.15) is 0 Å². The van der Waals surface area contributed by atoms with E-state index in [1.54, 1.807) is 0 Å². The zero-order valence-corrected chi connectivity index (χ0v) is 9.83. The van der Waals surface area contributed by atoms with Crippen molar-refractivity contribution in [2.75, 3.05) is 0 Å².